The summed E-state index contributed by atoms with van der Waals surface area (Å²) in [5.41, 5.74) is 1.21. The van der Waals surface area contributed by atoms with Crippen LogP contribution >= 0.6 is 11.6 Å². The van der Waals surface area contributed by atoms with Crippen molar-refractivity contribution < 1.29 is 5.11 Å². The van der Waals surface area contributed by atoms with Gasteiger partial charge in [0.1, 0.15) is 0 Å². The van der Waals surface area contributed by atoms with Crippen molar-refractivity contribution in [3.8, 4) is 0 Å². The van der Waals surface area contributed by atoms with Gasteiger partial charge in [0.05, 0.1) is 6.61 Å². The minimum atomic E-state index is 0.116. The van der Waals surface area contributed by atoms with Crippen LogP contribution in [0, 0.1) is 0 Å². The van der Waals surface area contributed by atoms with Crippen molar-refractivity contribution in [1.82, 2.24) is 5.32 Å². The van der Waals surface area contributed by atoms with E-state index in [-0.39, 0.29) is 18.7 Å². The molecule has 15 heavy (non-hydrogen) atoms. The van der Waals surface area contributed by atoms with Crippen LogP contribution in [-0.2, 0) is 0 Å². The average Bonchev–Trinajstić information content (AvgIpc) is 2.27. The Morgan fingerprint density at radius 2 is 1.93 bits per heavy atom. The summed E-state index contributed by atoms with van der Waals surface area (Å²) < 4.78 is 0. The number of aliphatic hydroxyl groups is 1. The van der Waals surface area contributed by atoms with Gasteiger partial charge in [-0.1, -0.05) is 30.7 Å². The Morgan fingerprint density at radius 3 is 2.40 bits per heavy atom. The minimum absolute atomic E-state index is 0.116. The molecule has 3 heteroatoms. The topological polar surface area (TPSA) is 32.3 Å². The summed E-state index contributed by atoms with van der Waals surface area (Å²) >= 11 is 5.83. The zero-order valence-corrected chi connectivity index (χ0v) is 9.96. The maximum atomic E-state index is 8.99. The van der Waals surface area contributed by atoms with E-state index in [0.717, 1.165) is 11.4 Å². The molecule has 2 nitrogen and oxygen atoms in total. The molecule has 1 rings (SSSR count). The molecular weight excluding hydrogens is 210 g/mol. The van der Waals surface area contributed by atoms with Gasteiger partial charge in [-0.05, 0) is 31.0 Å². The zero-order valence-electron chi connectivity index (χ0n) is 9.20. The fourth-order valence-electron chi connectivity index (χ4n) is 1.54. The summed E-state index contributed by atoms with van der Waals surface area (Å²) in [4.78, 5) is 0. The van der Waals surface area contributed by atoms with Crippen molar-refractivity contribution in [1.29, 1.82) is 0 Å². The molecule has 1 aromatic rings. The number of hydrogen-bond donors (Lipinski definition) is 2. The predicted octanol–water partition coefficient (Wildman–Crippen LogP) is 2.76. The van der Waals surface area contributed by atoms with Crippen molar-refractivity contribution in [3.05, 3.63) is 34.9 Å². The predicted molar refractivity (Wildman–Crippen MR) is 64.2 cm³/mol. The Balaban J connectivity index is 2.69. The van der Waals surface area contributed by atoms with Crippen molar-refractivity contribution in [2.24, 2.45) is 0 Å². The fourth-order valence-corrected chi connectivity index (χ4v) is 1.67. The number of nitrogens with one attached hydrogen (secondary N) is 1. The van der Waals surface area contributed by atoms with Crippen molar-refractivity contribution >= 4 is 11.6 Å². The lowest BCUT2D eigenvalue weighted by molar-refractivity contribution is 0.239. The molecule has 0 heterocycles. The third-order valence-corrected chi connectivity index (χ3v) is 2.69. The average molecular weight is 228 g/mol. The third kappa shape index (κ3) is 3.82. The molecule has 0 fully saturated rings. The van der Waals surface area contributed by atoms with Crippen LogP contribution in [0.25, 0.3) is 0 Å². The Kier molecular flexibility index (Phi) is 5.09. The van der Waals surface area contributed by atoms with E-state index in [2.05, 4.69) is 12.2 Å². The van der Waals surface area contributed by atoms with E-state index in [1.807, 2.05) is 31.2 Å². The molecule has 0 unspecified atom stereocenters. The second-order valence-electron chi connectivity index (χ2n) is 3.76. The van der Waals surface area contributed by atoms with Gasteiger partial charge in [-0.15, -0.1) is 0 Å². The number of rotatable bonds is 5. The molecule has 0 aliphatic rings. The normalized spacial score (nSPS) is 14.9. The highest BCUT2D eigenvalue weighted by molar-refractivity contribution is 6.30. The molecule has 2 atom stereocenters. The smallest absolute Gasteiger partial charge is 0.0582 e. The van der Waals surface area contributed by atoms with E-state index in [4.69, 9.17) is 16.7 Å². The van der Waals surface area contributed by atoms with Crippen molar-refractivity contribution in [3.63, 3.8) is 0 Å². The molecule has 2 N–H and O–H groups in total. The second-order valence-corrected chi connectivity index (χ2v) is 4.20. The van der Waals surface area contributed by atoms with Gasteiger partial charge in [0.25, 0.3) is 0 Å². The standard InChI is InChI=1S/C12H18ClNO/c1-3-12(14-9(2)8-15)10-4-6-11(13)7-5-10/h4-7,9,12,14-15H,3,8H2,1-2H3/t9-,12-/m0/s1. The number of hydrogen-bond acceptors (Lipinski definition) is 2. The molecule has 0 amide bonds. The maximum Gasteiger partial charge on any atom is 0.0582 e. The molecule has 84 valence electrons. The largest absolute Gasteiger partial charge is 0.395 e. The molecule has 0 saturated heterocycles. The molecule has 0 aromatic heterocycles. The maximum absolute atomic E-state index is 8.99. The van der Waals surface area contributed by atoms with Crippen LogP contribution in [0.5, 0.6) is 0 Å². The highest BCUT2D eigenvalue weighted by atomic mass is 35.5. The van der Waals surface area contributed by atoms with Gasteiger partial charge in [0.2, 0.25) is 0 Å². The summed E-state index contributed by atoms with van der Waals surface area (Å²) in [6.07, 6.45) is 0.992. The lowest BCUT2D eigenvalue weighted by atomic mass is 10.0. The lowest BCUT2D eigenvalue weighted by Crippen LogP contribution is -2.32. The lowest BCUT2D eigenvalue weighted by Gasteiger charge is -2.21. The van der Waals surface area contributed by atoms with E-state index >= 15 is 0 Å². The van der Waals surface area contributed by atoms with Gasteiger partial charge in [0, 0.05) is 17.1 Å². The van der Waals surface area contributed by atoms with Gasteiger partial charge in [0.15, 0.2) is 0 Å². The highest BCUT2D eigenvalue weighted by Gasteiger charge is 2.11. The van der Waals surface area contributed by atoms with E-state index in [1.165, 1.54) is 5.56 Å². The van der Waals surface area contributed by atoms with Crippen LogP contribution in [0.3, 0.4) is 0 Å². The Labute approximate surface area is 96.3 Å². The fraction of sp³-hybridized carbons (Fsp3) is 0.500. The van der Waals surface area contributed by atoms with Gasteiger partial charge < -0.3 is 10.4 Å². The van der Waals surface area contributed by atoms with E-state index < -0.39 is 0 Å². The number of halogens is 1. The van der Waals surface area contributed by atoms with Crippen LogP contribution in [0.2, 0.25) is 5.02 Å². The molecule has 1 aromatic carbocycles. The molecule has 0 aliphatic heterocycles. The first-order valence-corrected chi connectivity index (χ1v) is 5.67. The summed E-state index contributed by atoms with van der Waals surface area (Å²) in [7, 11) is 0. The minimum Gasteiger partial charge on any atom is -0.395 e. The first-order chi connectivity index (χ1) is 7.17. The molecule has 0 saturated carbocycles. The molecule has 0 bridgehead atoms. The summed E-state index contributed by atoms with van der Waals surface area (Å²) in [5, 5.41) is 13.1. The van der Waals surface area contributed by atoms with Gasteiger partial charge in [-0.25, -0.2) is 0 Å². The van der Waals surface area contributed by atoms with Crippen molar-refractivity contribution in [2.75, 3.05) is 6.61 Å². The third-order valence-electron chi connectivity index (χ3n) is 2.44. The van der Waals surface area contributed by atoms with E-state index in [1.54, 1.807) is 0 Å². The Hall–Kier alpha value is -0.570. The highest BCUT2D eigenvalue weighted by Crippen LogP contribution is 2.19. The summed E-state index contributed by atoms with van der Waals surface area (Å²) in [5.74, 6) is 0. The van der Waals surface area contributed by atoms with Crippen LogP contribution in [-0.4, -0.2) is 17.8 Å². The van der Waals surface area contributed by atoms with Gasteiger partial charge >= 0.3 is 0 Å². The first kappa shape index (κ1) is 12.5. The molecule has 0 aliphatic carbocycles. The van der Waals surface area contributed by atoms with Crippen LogP contribution < -0.4 is 5.32 Å². The number of aliphatic hydroxyl groups excluding tert-OH is 1. The Morgan fingerprint density at radius 1 is 1.33 bits per heavy atom. The quantitative estimate of drug-likeness (QED) is 0.811. The van der Waals surface area contributed by atoms with Crippen molar-refractivity contribution in [2.45, 2.75) is 32.4 Å². The molecule has 0 spiro atoms. The summed E-state index contributed by atoms with van der Waals surface area (Å²) in [6.45, 7) is 4.25. The second kappa shape index (κ2) is 6.11. The number of benzene rings is 1. The van der Waals surface area contributed by atoms with Crippen LogP contribution in [0.15, 0.2) is 24.3 Å². The summed E-state index contributed by atoms with van der Waals surface area (Å²) in [6, 6.07) is 8.23. The van der Waals surface area contributed by atoms with E-state index in [9.17, 15) is 0 Å². The van der Waals surface area contributed by atoms with Gasteiger partial charge in [-0.2, -0.15) is 0 Å². The molecule has 0 radical (unpaired) electrons. The first-order valence-electron chi connectivity index (χ1n) is 5.29. The SMILES string of the molecule is CC[C@H](N[C@@H](C)CO)c1ccc(Cl)cc1. The molecular formula is C12H18ClNO. The van der Waals surface area contributed by atoms with E-state index in [0.29, 0.717) is 0 Å². The van der Waals surface area contributed by atoms with Crippen LogP contribution in [0.4, 0.5) is 0 Å². The monoisotopic (exact) mass is 227 g/mol. The zero-order chi connectivity index (χ0) is 11.3. The Bertz CT molecular complexity index is 286. The van der Waals surface area contributed by atoms with Crippen LogP contribution in [0.1, 0.15) is 31.9 Å². The van der Waals surface area contributed by atoms with Gasteiger partial charge in [-0.3, -0.25) is 0 Å².